The second-order valence-electron chi connectivity index (χ2n) is 9.41. The summed E-state index contributed by atoms with van der Waals surface area (Å²) in [6.07, 6.45) is 2.74. The monoisotopic (exact) mass is 436 g/mol. The molecule has 32 heavy (non-hydrogen) atoms. The lowest BCUT2D eigenvalue weighted by atomic mass is 9.91. The fourth-order valence-electron chi connectivity index (χ4n) is 3.68. The molecule has 3 aromatic rings. The Hall–Kier alpha value is -3.08. The highest BCUT2D eigenvalue weighted by atomic mass is 16.5. The van der Waals surface area contributed by atoms with Crippen LogP contribution in [0.2, 0.25) is 0 Å². The average molecular weight is 437 g/mol. The van der Waals surface area contributed by atoms with Crippen LogP contribution in [0.3, 0.4) is 0 Å². The lowest BCUT2D eigenvalue weighted by Crippen LogP contribution is -2.26. The number of aryl methyl sites for hydroxylation is 2. The molecule has 0 amide bonds. The predicted molar refractivity (Wildman–Crippen MR) is 126 cm³/mol. The third kappa shape index (κ3) is 5.58. The van der Waals surface area contributed by atoms with E-state index in [0.717, 1.165) is 41.7 Å². The number of benzene rings is 2. The van der Waals surface area contributed by atoms with E-state index in [-0.39, 0.29) is 23.9 Å². The van der Waals surface area contributed by atoms with E-state index in [1.54, 1.807) is 18.2 Å². The lowest BCUT2D eigenvalue weighted by molar-refractivity contribution is -0.128. The lowest BCUT2D eigenvalue weighted by Gasteiger charge is -2.18. The van der Waals surface area contributed by atoms with E-state index in [2.05, 4.69) is 13.0 Å². The second-order valence-corrected chi connectivity index (χ2v) is 9.41. The van der Waals surface area contributed by atoms with Crippen molar-refractivity contribution in [1.82, 2.24) is 0 Å². The van der Waals surface area contributed by atoms with Crippen LogP contribution < -0.4 is 4.74 Å². The summed E-state index contributed by atoms with van der Waals surface area (Å²) in [5, 5.41) is 10.0. The van der Waals surface area contributed by atoms with Crippen molar-refractivity contribution in [3.05, 3.63) is 64.9 Å². The van der Waals surface area contributed by atoms with Crippen molar-refractivity contribution < 1.29 is 23.8 Å². The van der Waals surface area contributed by atoms with Crippen molar-refractivity contribution in [3.63, 3.8) is 0 Å². The maximum Gasteiger partial charge on any atom is 0.335 e. The summed E-state index contributed by atoms with van der Waals surface area (Å²) in [4.78, 5) is 23.3. The van der Waals surface area contributed by atoms with Gasteiger partial charge in [-0.2, -0.15) is 0 Å². The highest BCUT2D eigenvalue weighted by Gasteiger charge is 2.22. The molecule has 1 heterocycles. The minimum absolute atomic E-state index is 0.0769. The molecule has 5 heteroatoms. The van der Waals surface area contributed by atoms with Crippen LogP contribution in [0, 0.1) is 12.3 Å². The maximum absolute atomic E-state index is 12.1. The number of hydrogen-bond acceptors (Lipinski definition) is 4. The highest BCUT2D eigenvalue weighted by molar-refractivity contribution is 5.93. The number of carboxylic acid groups (broad SMARTS) is 1. The van der Waals surface area contributed by atoms with E-state index >= 15 is 0 Å². The Labute approximate surface area is 189 Å². The van der Waals surface area contributed by atoms with Crippen LogP contribution in [0.4, 0.5) is 0 Å². The van der Waals surface area contributed by atoms with E-state index < -0.39 is 11.4 Å². The molecular weight excluding hydrogens is 404 g/mol. The average Bonchev–Trinajstić information content (AvgIpc) is 3.15. The first-order valence-electron chi connectivity index (χ1n) is 11.1. The first kappa shape index (κ1) is 23.6. The zero-order valence-electron chi connectivity index (χ0n) is 19.5. The summed E-state index contributed by atoms with van der Waals surface area (Å²) in [6, 6.07) is 13.0. The summed E-state index contributed by atoms with van der Waals surface area (Å²) in [6.45, 7) is 9.90. The number of furan rings is 1. The van der Waals surface area contributed by atoms with Gasteiger partial charge in [0.1, 0.15) is 23.7 Å². The van der Waals surface area contributed by atoms with Crippen LogP contribution in [0.25, 0.3) is 11.0 Å². The van der Waals surface area contributed by atoms with Crippen LogP contribution in [0.15, 0.2) is 46.9 Å². The van der Waals surface area contributed by atoms with Crippen molar-refractivity contribution in [2.75, 3.05) is 6.61 Å². The largest absolute Gasteiger partial charge is 0.486 e. The van der Waals surface area contributed by atoms with Gasteiger partial charge in [-0.3, -0.25) is 4.79 Å². The van der Waals surface area contributed by atoms with Gasteiger partial charge in [-0.05, 0) is 67.6 Å². The number of aromatic carboxylic acids is 1. The molecule has 1 aromatic heterocycles. The smallest absolute Gasteiger partial charge is 0.335 e. The summed E-state index contributed by atoms with van der Waals surface area (Å²) < 4.78 is 11.8. The minimum Gasteiger partial charge on any atom is -0.486 e. The Morgan fingerprint density at radius 2 is 1.84 bits per heavy atom. The van der Waals surface area contributed by atoms with E-state index in [9.17, 15) is 14.7 Å². The Kier molecular flexibility index (Phi) is 7.07. The fraction of sp³-hybridized carbons (Fsp3) is 0.407. The molecule has 0 saturated carbocycles. The molecule has 2 aromatic carbocycles. The summed E-state index contributed by atoms with van der Waals surface area (Å²) in [7, 11) is 0. The number of hydrogen-bond donors (Lipinski definition) is 1. The third-order valence-electron chi connectivity index (χ3n) is 5.89. The Balaban J connectivity index is 1.66. The number of carboxylic acids is 1. The van der Waals surface area contributed by atoms with Crippen molar-refractivity contribution in [3.8, 4) is 5.75 Å². The van der Waals surface area contributed by atoms with Gasteiger partial charge in [0.15, 0.2) is 5.78 Å². The van der Waals surface area contributed by atoms with Crippen molar-refractivity contribution >= 4 is 22.7 Å². The molecule has 0 saturated heterocycles. The fourth-order valence-corrected chi connectivity index (χ4v) is 3.68. The van der Waals surface area contributed by atoms with Gasteiger partial charge in [-0.15, -0.1) is 0 Å². The Morgan fingerprint density at radius 1 is 1.09 bits per heavy atom. The zero-order chi connectivity index (χ0) is 23.5. The summed E-state index contributed by atoms with van der Waals surface area (Å²) in [5.41, 5.74) is 2.79. The highest BCUT2D eigenvalue weighted by Crippen LogP contribution is 2.31. The van der Waals surface area contributed by atoms with Crippen molar-refractivity contribution in [2.24, 2.45) is 5.41 Å². The van der Waals surface area contributed by atoms with Gasteiger partial charge in [0.25, 0.3) is 0 Å². The molecule has 0 spiro atoms. The number of rotatable bonds is 9. The van der Waals surface area contributed by atoms with Gasteiger partial charge in [-0.1, -0.05) is 39.8 Å². The van der Waals surface area contributed by atoms with Gasteiger partial charge in [0, 0.05) is 16.7 Å². The first-order chi connectivity index (χ1) is 15.1. The molecule has 0 aliphatic carbocycles. The van der Waals surface area contributed by atoms with Gasteiger partial charge in [0.2, 0.25) is 0 Å². The second kappa shape index (κ2) is 9.60. The van der Waals surface area contributed by atoms with Gasteiger partial charge in [-0.25, -0.2) is 4.79 Å². The van der Waals surface area contributed by atoms with E-state index in [0.29, 0.717) is 5.58 Å². The summed E-state index contributed by atoms with van der Waals surface area (Å²) in [5.74, 6) is 1.02. The SMILES string of the molecule is CCC(CCc1ccc(OCC(=O)C(C)(C)C)c(C)c1)c1cc2cc(C(=O)O)ccc2o1. The van der Waals surface area contributed by atoms with E-state index in [1.165, 1.54) is 5.56 Å². The van der Waals surface area contributed by atoms with Gasteiger partial charge < -0.3 is 14.3 Å². The number of ether oxygens (including phenoxy) is 1. The number of carbonyl (C=O) groups excluding carboxylic acids is 1. The van der Waals surface area contributed by atoms with Crippen LogP contribution in [-0.2, 0) is 11.2 Å². The normalized spacial score (nSPS) is 12.7. The zero-order valence-corrected chi connectivity index (χ0v) is 19.5. The molecule has 0 radical (unpaired) electrons. The van der Waals surface area contributed by atoms with Crippen molar-refractivity contribution in [1.29, 1.82) is 0 Å². The molecule has 1 unspecified atom stereocenters. The van der Waals surface area contributed by atoms with Gasteiger partial charge >= 0.3 is 5.97 Å². The Bertz CT molecular complexity index is 1120. The molecule has 0 aliphatic heterocycles. The number of fused-ring (bicyclic) bond motifs is 1. The number of carbonyl (C=O) groups is 2. The predicted octanol–water partition coefficient (Wildman–Crippen LogP) is 6.56. The molecule has 1 N–H and O–H groups in total. The molecule has 0 bridgehead atoms. The van der Waals surface area contributed by atoms with E-state index in [4.69, 9.17) is 9.15 Å². The number of ketones is 1. The third-order valence-corrected chi connectivity index (χ3v) is 5.89. The minimum atomic E-state index is -0.938. The Morgan fingerprint density at radius 3 is 2.47 bits per heavy atom. The van der Waals surface area contributed by atoms with Crippen LogP contribution in [0.5, 0.6) is 5.75 Å². The molecule has 0 aliphatic rings. The standard InChI is InChI=1S/C27H32O5/c1-6-19(24-15-21-14-20(26(29)30)10-12-23(21)32-24)9-7-18-8-11-22(17(2)13-18)31-16-25(28)27(3,4)5/h8,10-15,19H,6-7,9,16H2,1-5H3,(H,29,30). The molecule has 3 rings (SSSR count). The topological polar surface area (TPSA) is 76.7 Å². The number of Topliss-reactive ketones (excluding diaryl/α,β-unsaturated/α-hetero) is 1. The van der Waals surface area contributed by atoms with Crippen molar-refractivity contribution in [2.45, 2.75) is 59.8 Å². The summed E-state index contributed by atoms with van der Waals surface area (Å²) >= 11 is 0. The van der Waals surface area contributed by atoms with Crippen LogP contribution in [0.1, 0.15) is 73.7 Å². The molecule has 170 valence electrons. The quantitative estimate of drug-likeness (QED) is 0.411. The molecule has 1 atom stereocenters. The van der Waals surface area contributed by atoms with Gasteiger partial charge in [0.05, 0.1) is 5.56 Å². The van der Waals surface area contributed by atoms with Crippen LogP contribution >= 0.6 is 0 Å². The van der Waals surface area contributed by atoms with Crippen LogP contribution in [-0.4, -0.2) is 23.5 Å². The molecular formula is C27H32O5. The molecule has 0 fully saturated rings. The molecule has 5 nitrogen and oxygen atoms in total. The maximum atomic E-state index is 12.1. The van der Waals surface area contributed by atoms with E-state index in [1.807, 2.05) is 45.9 Å². The first-order valence-corrected chi connectivity index (χ1v) is 11.1.